The molecule has 1 saturated heterocycles. The summed E-state index contributed by atoms with van der Waals surface area (Å²) < 4.78 is 0. The van der Waals surface area contributed by atoms with Gasteiger partial charge in [0.05, 0.1) is 16.5 Å². The van der Waals surface area contributed by atoms with E-state index in [4.69, 9.17) is 23.2 Å². The van der Waals surface area contributed by atoms with Crippen molar-refractivity contribution in [1.82, 2.24) is 10.2 Å². The number of hydrogen-bond acceptors (Lipinski definition) is 2. The average molecular weight is 315 g/mol. The van der Waals surface area contributed by atoms with Crippen molar-refractivity contribution in [2.75, 3.05) is 20.1 Å². The van der Waals surface area contributed by atoms with Gasteiger partial charge in [0.15, 0.2) is 0 Å². The molecule has 1 aromatic rings. The largest absolute Gasteiger partial charge is 0.338 e. The molecule has 1 aliphatic heterocycles. The summed E-state index contributed by atoms with van der Waals surface area (Å²) in [5.41, 5.74) is 0.915. The van der Waals surface area contributed by atoms with Crippen molar-refractivity contribution in [1.29, 1.82) is 0 Å². The molecular formula is C15H20Cl2N2O. The van der Waals surface area contributed by atoms with Gasteiger partial charge >= 0.3 is 0 Å². The van der Waals surface area contributed by atoms with Crippen molar-refractivity contribution >= 4 is 29.1 Å². The van der Waals surface area contributed by atoms with Crippen LogP contribution >= 0.6 is 23.2 Å². The summed E-state index contributed by atoms with van der Waals surface area (Å²) in [6.07, 6.45) is 3.75. The average Bonchev–Trinajstić information content (AvgIpc) is 2.44. The highest BCUT2D eigenvalue weighted by Crippen LogP contribution is 2.24. The first-order chi connectivity index (χ1) is 9.61. The second kappa shape index (κ2) is 7.30. The fourth-order valence-corrected chi connectivity index (χ4v) is 3.02. The molecule has 1 fully saturated rings. The van der Waals surface area contributed by atoms with E-state index in [1.807, 2.05) is 18.0 Å². The molecule has 5 heteroatoms. The number of nitrogens with zero attached hydrogens (tertiary/aromatic N) is 1. The second-order valence-corrected chi connectivity index (χ2v) is 6.03. The van der Waals surface area contributed by atoms with E-state index in [1.54, 1.807) is 12.1 Å². The summed E-state index contributed by atoms with van der Waals surface area (Å²) in [7, 11) is 1.93. The molecule has 0 bridgehead atoms. The normalized spacial score (nSPS) is 19.1. The lowest BCUT2D eigenvalue weighted by Gasteiger charge is -2.36. The van der Waals surface area contributed by atoms with Crippen LogP contribution in [0.5, 0.6) is 0 Å². The molecular weight excluding hydrogens is 295 g/mol. The third-order valence-electron chi connectivity index (χ3n) is 3.73. The standard InChI is InChI=1S/C15H20Cl2N2O/c1-18-10-12-4-2-3-7-19(12)15(20)9-11-5-6-13(16)14(17)8-11/h5-6,8,12,18H,2-4,7,9-10H2,1H3. The Morgan fingerprint density at radius 2 is 2.15 bits per heavy atom. The Morgan fingerprint density at radius 3 is 2.85 bits per heavy atom. The van der Waals surface area contributed by atoms with Crippen molar-refractivity contribution < 1.29 is 4.79 Å². The molecule has 1 aliphatic rings. The number of likely N-dealkylation sites (tertiary alicyclic amines) is 1. The van der Waals surface area contributed by atoms with Crippen LogP contribution in [0.2, 0.25) is 10.0 Å². The van der Waals surface area contributed by atoms with Gasteiger partial charge in [0.25, 0.3) is 0 Å². The van der Waals surface area contributed by atoms with Crippen molar-refractivity contribution in [2.45, 2.75) is 31.7 Å². The Labute approximate surface area is 130 Å². The van der Waals surface area contributed by atoms with Crippen molar-refractivity contribution in [2.24, 2.45) is 0 Å². The number of benzene rings is 1. The van der Waals surface area contributed by atoms with Gasteiger partial charge in [0, 0.05) is 19.1 Å². The molecule has 1 N–H and O–H groups in total. The molecule has 0 aromatic heterocycles. The summed E-state index contributed by atoms with van der Waals surface area (Å²) in [4.78, 5) is 14.5. The SMILES string of the molecule is CNCC1CCCCN1C(=O)Cc1ccc(Cl)c(Cl)c1. The maximum absolute atomic E-state index is 12.5. The lowest BCUT2D eigenvalue weighted by Crippen LogP contribution is -2.48. The highest BCUT2D eigenvalue weighted by molar-refractivity contribution is 6.42. The van der Waals surface area contributed by atoms with Gasteiger partial charge in [-0.25, -0.2) is 0 Å². The molecule has 3 nitrogen and oxygen atoms in total. The van der Waals surface area contributed by atoms with Crippen LogP contribution in [0.4, 0.5) is 0 Å². The summed E-state index contributed by atoms with van der Waals surface area (Å²) in [5.74, 6) is 0.170. The lowest BCUT2D eigenvalue weighted by molar-refractivity contribution is -0.134. The Kier molecular flexibility index (Phi) is 5.70. The van der Waals surface area contributed by atoms with E-state index in [0.29, 0.717) is 22.5 Å². The molecule has 1 amide bonds. The van der Waals surface area contributed by atoms with Gasteiger partial charge < -0.3 is 10.2 Å². The molecule has 0 aliphatic carbocycles. The van der Waals surface area contributed by atoms with Gasteiger partial charge in [-0.3, -0.25) is 4.79 Å². The fraction of sp³-hybridized carbons (Fsp3) is 0.533. The van der Waals surface area contributed by atoms with E-state index in [0.717, 1.165) is 31.5 Å². The third-order valence-corrected chi connectivity index (χ3v) is 4.47. The smallest absolute Gasteiger partial charge is 0.227 e. The van der Waals surface area contributed by atoms with Crippen LogP contribution < -0.4 is 5.32 Å². The first kappa shape index (κ1) is 15.6. The third kappa shape index (κ3) is 3.87. The Bertz CT molecular complexity index is 477. The van der Waals surface area contributed by atoms with Crippen LogP contribution in [-0.4, -0.2) is 37.0 Å². The fourth-order valence-electron chi connectivity index (χ4n) is 2.70. The minimum atomic E-state index is 0.170. The predicted octanol–water partition coefficient (Wildman–Crippen LogP) is 3.14. The van der Waals surface area contributed by atoms with Crippen LogP contribution in [0, 0.1) is 0 Å². The van der Waals surface area contributed by atoms with E-state index in [9.17, 15) is 4.79 Å². The number of nitrogens with one attached hydrogen (secondary N) is 1. The molecule has 1 unspecified atom stereocenters. The molecule has 20 heavy (non-hydrogen) atoms. The number of carbonyl (C=O) groups excluding carboxylic acids is 1. The number of halogens is 2. The minimum absolute atomic E-state index is 0.170. The number of carbonyl (C=O) groups is 1. The summed E-state index contributed by atoms with van der Waals surface area (Å²) >= 11 is 11.9. The molecule has 0 radical (unpaired) electrons. The van der Waals surface area contributed by atoms with E-state index in [1.165, 1.54) is 6.42 Å². The van der Waals surface area contributed by atoms with Crippen LogP contribution in [-0.2, 0) is 11.2 Å². The number of hydrogen-bond donors (Lipinski definition) is 1. The van der Waals surface area contributed by atoms with Crippen LogP contribution in [0.3, 0.4) is 0 Å². The molecule has 1 aromatic carbocycles. The van der Waals surface area contributed by atoms with Crippen molar-refractivity contribution in [3.8, 4) is 0 Å². The highest BCUT2D eigenvalue weighted by Gasteiger charge is 2.25. The van der Waals surface area contributed by atoms with E-state index in [2.05, 4.69) is 5.32 Å². The van der Waals surface area contributed by atoms with Crippen LogP contribution in [0.15, 0.2) is 18.2 Å². The molecule has 0 spiro atoms. The Morgan fingerprint density at radius 1 is 1.35 bits per heavy atom. The first-order valence-corrected chi connectivity index (χ1v) is 7.75. The first-order valence-electron chi connectivity index (χ1n) is 7.00. The summed E-state index contributed by atoms with van der Waals surface area (Å²) in [6.45, 7) is 1.71. The van der Waals surface area contributed by atoms with Gasteiger partial charge in [-0.1, -0.05) is 29.3 Å². The van der Waals surface area contributed by atoms with E-state index >= 15 is 0 Å². The molecule has 110 valence electrons. The monoisotopic (exact) mass is 314 g/mol. The van der Waals surface area contributed by atoms with Gasteiger partial charge in [0.2, 0.25) is 5.91 Å². The summed E-state index contributed by atoms with van der Waals surface area (Å²) in [5, 5.41) is 4.19. The lowest BCUT2D eigenvalue weighted by atomic mass is 10.0. The van der Waals surface area contributed by atoms with E-state index < -0.39 is 0 Å². The van der Waals surface area contributed by atoms with Crippen LogP contribution in [0.1, 0.15) is 24.8 Å². The Hall–Kier alpha value is -0.770. The van der Waals surface area contributed by atoms with E-state index in [-0.39, 0.29) is 5.91 Å². The maximum atomic E-state index is 12.5. The number of rotatable bonds is 4. The summed E-state index contributed by atoms with van der Waals surface area (Å²) in [6, 6.07) is 5.69. The molecule has 1 atom stereocenters. The zero-order chi connectivity index (χ0) is 14.5. The highest BCUT2D eigenvalue weighted by atomic mass is 35.5. The topological polar surface area (TPSA) is 32.3 Å². The predicted molar refractivity (Wildman–Crippen MR) is 83.4 cm³/mol. The van der Waals surface area contributed by atoms with Gasteiger partial charge in [-0.05, 0) is 44.0 Å². The molecule has 2 rings (SSSR count). The quantitative estimate of drug-likeness (QED) is 0.926. The molecule has 0 saturated carbocycles. The van der Waals surface area contributed by atoms with Gasteiger partial charge in [0.1, 0.15) is 0 Å². The van der Waals surface area contributed by atoms with Crippen LogP contribution in [0.25, 0.3) is 0 Å². The zero-order valence-electron chi connectivity index (χ0n) is 11.7. The number of piperidine rings is 1. The Balaban J connectivity index is 2.03. The van der Waals surface area contributed by atoms with Crippen molar-refractivity contribution in [3.05, 3.63) is 33.8 Å². The number of likely N-dealkylation sites (N-methyl/N-ethyl adjacent to an activating group) is 1. The van der Waals surface area contributed by atoms with Crippen molar-refractivity contribution in [3.63, 3.8) is 0 Å². The number of amides is 1. The second-order valence-electron chi connectivity index (χ2n) is 5.22. The van der Waals surface area contributed by atoms with Gasteiger partial charge in [-0.15, -0.1) is 0 Å². The maximum Gasteiger partial charge on any atom is 0.227 e. The molecule has 1 heterocycles. The minimum Gasteiger partial charge on any atom is -0.338 e. The zero-order valence-corrected chi connectivity index (χ0v) is 13.2. The van der Waals surface area contributed by atoms with Gasteiger partial charge in [-0.2, -0.15) is 0 Å².